The summed E-state index contributed by atoms with van der Waals surface area (Å²) in [7, 11) is 0.133. The molecule has 8 heteroatoms. The topological polar surface area (TPSA) is 89.8 Å². The Balaban J connectivity index is 2.58. The number of anilines is 1. The first-order valence-corrected chi connectivity index (χ1v) is 7.06. The zero-order valence-electron chi connectivity index (χ0n) is 10.2. The predicted octanol–water partition coefficient (Wildman–Crippen LogP) is 0.322. The highest BCUT2D eigenvalue weighted by atomic mass is 32.2. The van der Waals surface area contributed by atoms with Crippen LogP contribution in [0, 0.1) is 0 Å². The highest BCUT2D eigenvalue weighted by Gasteiger charge is 2.15. The quantitative estimate of drug-likeness (QED) is 0.806. The van der Waals surface area contributed by atoms with Crippen molar-refractivity contribution in [2.45, 2.75) is 5.16 Å². The molecule has 0 amide bonds. The van der Waals surface area contributed by atoms with Crippen LogP contribution in [0.3, 0.4) is 0 Å². The Kier molecular flexibility index (Phi) is 3.04. The summed E-state index contributed by atoms with van der Waals surface area (Å²) in [6.07, 6.45) is 4.12. The van der Waals surface area contributed by atoms with Gasteiger partial charge in [0.25, 0.3) is 0 Å². The Morgan fingerprint density at radius 3 is 2.72 bits per heavy atom. The van der Waals surface area contributed by atoms with Crippen LogP contribution in [0.4, 0.5) is 5.82 Å². The van der Waals surface area contributed by atoms with Gasteiger partial charge in [0, 0.05) is 26.5 Å². The lowest BCUT2D eigenvalue weighted by Gasteiger charge is -2.05. The third-order valence-electron chi connectivity index (χ3n) is 2.42. The van der Waals surface area contributed by atoms with E-state index in [0.29, 0.717) is 5.69 Å². The van der Waals surface area contributed by atoms with Crippen molar-refractivity contribution in [3.05, 3.63) is 18.5 Å². The summed E-state index contributed by atoms with van der Waals surface area (Å²) in [5, 5.41) is 6.90. The minimum atomic E-state index is -3.42. The van der Waals surface area contributed by atoms with Gasteiger partial charge in [0.05, 0.1) is 17.5 Å². The Labute approximate surface area is 105 Å². The van der Waals surface area contributed by atoms with Gasteiger partial charge in [-0.3, -0.25) is 4.68 Å². The smallest absolute Gasteiger partial charge is 0.247 e. The molecule has 0 spiro atoms. The molecule has 0 aliphatic rings. The van der Waals surface area contributed by atoms with Crippen LogP contribution in [-0.2, 0) is 16.9 Å². The van der Waals surface area contributed by atoms with Crippen molar-refractivity contribution in [2.75, 3.05) is 18.6 Å². The van der Waals surface area contributed by atoms with Crippen molar-refractivity contribution in [3.8, 4) is 11.3 Å². The number of hydrogen-bond acceptors (Lipinski definition) is 6. The summed E-state index contributed by atoms with van der Waals surface area (Å²) in [5.74, 6) is 0.758. The van der Waals surface area contributed by atoms with Crippen molar-refractivity contribution in [3.63, 3.8) is 0 Å². The largest absolute Gasteiger partial charge is 0.373 e. The minimum Gasteiger partial charge on any atom is -0.373 e. The van der Waals surface area contributed by atoms with Crippen molar-refractivity contribution in [1.29, 1.82) is 0 Å². The Hall–Kier alpha value is -1.96. The number of rotatable bonds is 3. The molecule has 0 radical (unpaired) electrons. The number of sulfone groups is 1. The number of nitrogens with one attached hydrogen (secondary N) is 1. The van der Waals surface area contributed by atoms with Crippen LogP contribution < -0.4 is 5.32 Å². The first-order valence-electron chi connectivity index (χ1n) is 5.16. The van der Waals surface area contributed by atoms with Crippen molar-refractivity contribution in [1.82, 2.24) is 19.7 Å². The van der Waals surface area contributed by atoms with Crippen molar-refractivity contribution in [2.24, 2.45) is 7.05 Å². The van der Waals surface area contributed by atoms with E-state index in [1.807, 2.05) is 0 Å². The molecule has 1 N–H and O–H groups in total. The first kappa shape index (κ1) is 12.5. The zero-order chi connectivity index (χ0) is 13.3. The molecule has 0 atom stereocenters. The molecular formula is C10H13N5O2S. The van der Waals surface area contributed by atoms with E-state index in [1.54, 1.807) is 31.0 Å². The van der Waals surface area contributed by atoms with Crippen molar-refractivity contribution < 1.29 is 8.42 Å². The van der Waals surface area contributed by atoms with E-state index in [2.05, 4.69) is 20.4 Å². The third kappa shape index (κ3) is 2.19. The lowest BCUT2D eigenvalue weighted by atomic mass is 10.2. The maximum Gasteiger partial charge on any atom is 0.247 e. The van der Waals surface area contributed by atoms with Gasteiger partial charge in [0.1, 0.15) is 5.82 Å². The maximum atomic E-state index is 11.4. The SMILES string of the molecule is CNc1c(-c2ccnc(S(C)(=O)=O)n2)cnn1C. The Morgan fingerprint density at radius 1 is 1.39 bits per heavy atom. The molecule has 0 bridgehead atoms. The monoisotopic (exact) mass is 267 g/mol. The van der Waals surface area contributed by atoms with Gasteiger partial charge in [-0.15, -0.1) is 0 Å². The molecule has 0 saturated carbocycles. The molecule has 0 saturated heterocycles. The van der Waals surface area contributed by atoms with Gasteiger partial charge >= 0.3 is 0 Å². The molecule has 7 nitrogen and oxygen atoms in total. The van der Waals surface area contributed by atoms with Gasteiger partial charge in [-0.2, -0.15) is 5.10 Å². The second-order valence-corrected chi connectivity index (χ2v) is 5.69. The highest BCUT2D eigenvalue weighted by Crippen LogP contribution is 2.25. The summed E-state index contributed by atoms with van der Waals surface area (Å²) in [4.78, 5) is 7.80. The van der Waals surface area contributed by atoms with Crippen LogP contribution in [-0.4, -0.2) is 41.5 Å². The molecule has 0 unspecified atom stereocenters. The van der Waals surface area contributed by atoms with Gasteiger partial charge < -0.3 is 5.32 Å². The molecule has 2 heterocycles. The maximum absolute atomic E-state index is 11.4. The fourth-order valence-corrected chi connectivity index (χ4v) is 2.11. The fourth-order valence-electron chi connectivity index (χ4n) is 1.59. The van der Waals surface area contributed by atoms with Crippen molar-refractivity contribution >= 4 is 15.7 Å². The summed E-state index contributed by atoms with van der Waals surface area (Å²) in [6.45, 7) is 0. The van der Waals surface area contributed by atoms with E-state index in [9.17, 15) is 8.42 Å². The van der Waals surface area contributed by atoms with Gasteiger partial charge in [0.2, 0.25) is 15.0 Å². The molecule has 96 valence electrons. The number of hydrogen-bond donors (Lipinski definition) is 1. The molecule has 2 aromatic heterocycles. The minimum absolute atomic E-state index is 0.189. The zero-order valence-corrected chi connectivity index (χ0v) is 11.1. The molecule has 0 aliphatic carbocycles. The van der Waals surface area contributed by atoms with Crippen LogP contribution in [0.2, 0.25) is 0 Å². The molecule has 0 aliphatic heterocycles. The Bertz CT molecular complexity index is 677. The van der Waals surface area contributed by atoms with E-state index >= 15 is 0 Å². The van der Waals surface area contributed by atoms with Gasteiger partial charge in [0.15, 0.2) is 0 Å². The first-order chi connectivity index (χ1) is 8.43. The molecule has 2 rings (SSSR count). The summed E-state index contributed by atoms with van der Waals surface area (Å²) >= 11 is 0. The number of aryl methyl sites for hydroxylation is 1. The third-order valence-corrected chi connectivity index (χ3v) is 3.28. The molecule has 18 heavy (non-hydrogen) atoms. The number of aromatic nitrogens is 4. The Morgan fingerprint density at radius 2 is 2.11 bits per heavy atom. The van der Waals surface area contributed by atoms with E-state index in [-0.39, 0.29) is 5.16 Å². The normalized spacial score (nSPS) is 11.5. The molecule has 0 aromatic carbocycles. The lowest BCUT2D eigenvalue weighted by Crippen LogP contribution is -2.05. The molecule has 2 aromatic rings. The van der Waals surface area contributed by atoms with Crippen LogP contribution in [0.5, 0.6) is 0 Å². The second kappa shape index (κ2) is 4.37. The highest BCUT2D eigenvalue weighted by molar-refractivity contribution is 7.90. The second-order valence-electron chi connectivity index (χ2n) is 3.78. The van der Waals surface area contributed by atoms with Crippen LogP contribution in [0.15, 0.2) is 23.6 Å². The number of nitrogens with zero attached hydrogens (tertiary/aromatic N) is 4. The molecular weight excluding hydrogens is 254 g/mol. The van der Waals surface area contributed by atoms with Gasteiger partial charge in [-0.1, -0.05) is 0 Å². The lowest BCUT2D eigenvalue weighted by molar-refractivity contribution is 0.593. The van der Waals surface area contributed by atoms with E-state index in [1.165, 1.54) is 6.20 Å². The van der Waals surface area contributed by atoms with Gasteiger partial charge in [-0.05, 0) is 6.07 Å². The standard InChI is InChI=1S/C10H13N5O2S/c1-11-9-7(6-13-15(9)2)8-4-5-12-10(14-8)18(3,16)17/h4-6,11H,1-3H3. The van der Waals surface area contributed by atoms with Crippen LogP contribution >= 0.6 is 0 Å². The average molecular weight is 267 g/mol. The van der Waals surface area contributed by atoms with Crippen LogP contribution in [0.25, 0.3) is 11.3 Å². The summed E-state index contributed by atoms with van der Waals surface area (Å²) in [5.41, 5.74) is 1.25. The van der Waals surface area contributed by atoms with E-state index < -0.39 is 9.84 Å². The molecule has 0 fully saturated rings. The van der Waals surface area contributed by atoms with E-state index in [4.69, 9.17) is 0 Å². The predicted molar refractivity (Wildman–Crippen MR) is 66.9 cm³/mol. The fraction of sp³-hybridized carbons (Fsp3) is 0.300. The summed E-state index contributed by atoms with van der Waals surface area (Å²) in [6, 6.07) is 1.65. The van der Waals surface area contributed by atoms with E-state index in [0.717, 1.165) is 17.6 Å². The average Bonchev–Trinajstić information content (AvgIpc) is 2.69. The summed E-state index contributed by atoms with van der Waals surface area (Å²) < 4.78 is 24.5. The van der Waals surface area contributed by atoms with Gasteiger partial charge in [-0.25, -0.2) is 18.4 Å². The van der Waals surface area contributed by atoms with Crippen LogP contribution in [0.1, 0.15) is 0 Å².